The summed E-state index contributed by atoms with van der Waals surface area (Å²) >= 11 is 9.53. The van der Waals surface area contributed by atoms with Crippen molar-refractivity contribution in [1.29, 1.82) is 0 Å². The van der Waals surface area contributed by atoms with Crippen molar-refractivity contribution in [2.45, 2.75) is 94.9 Å². The average Bonchev–Trinajstić information content (AvgIpc) is 3.07. The lowest BCUT2D eigenvalue weighted by Crippen LogP contribution is -2.30. The molecule has 2 aromatic rings. The van der Waals surface area contributed by atoms with E-state index in [0.29, 0.717) is 51.4 Å². The zero-order chi connectivity index (χ0) is 39.9. The van der Waals surface area contributed by atoms with Crippen LogP contribution in [0, 0.1) is 20.2 Å². The van der Waals surface area contributed by atoms with Crippen LogP contribution in [0.1, 0.15) is 69.4 Å². The van der Waals surface area contributed by atoms with Crippen LogP contribution in [-0.4, -0.2) is 69.6 Å². The van der Waals surface area contributed by atoms with E-state index in [0.717, 1.165) is 24.3 Å². The highest BCUT2D eigenvalue weighted by molar-refractivity contribution is 6.40. The highest BCUT2D eigenvalue weighted by Gasteiger charge is 2.39. The quantitative estimate of drug-likeness (QED) is 0.0806. The van der Waals surface area contributed by atoms with Gasteiger partial charge in [-0.25, -0.2) is 4.79 Å². The zero-order valence-corrected chi connectivity index (χ0v) is 29.7. The third-order valence-electron chi connectivity index (χ3n) is 8.05. The van der Waals surface area contributed by atoms with Crippen LogP contribution >= 0.6 is 23.2 Å². The van der Waals surface area contributed by atoms with E-state index in [-0.39, 0.29) is 60.0 Å². The molecule has 3 N–H and O–H groups in total. The Kier molecular flexibility index (Phi) is 18.0. The Morgan fingerprint density at radius 2 is 1.08 bits per heavy atom. The number of anilines is 2. The Hall–Kier alpha value is -3.94. The Bertz CT molecular complexity index is 1420. The van der Waals surface area contributed by atoms with Gasteiger partial charge in [0, 0.05) is 35.6 Å². The van der Waals surface area contributed by atoms with E-state index in [1.165, 1.54) is 19.1 Å². The monoisotopic (exact) mass is 806 g/mol. The third-order valence-corrected chi connectivity index (χ3v) is 8.05. The molecular weight excluding hydrogens is 769 g/mol. The van der Waals surface area contributed by atoms with Crippen LogP contribution in [0.4, 0.5) is 49.1 Å². The van der Waals surface area contributed by atoms with Crippen LogP contribution in [0.2, 0.25) is 0 Å². The number of nitrogens with zero attached hydrogens (tertiary/aromatic N) is 2. The number of nitrogens with one attached hydrogen (secondary N) is 2. The molecule has 2 aromatic carbocycles. The van der Waals surface area contributed by atoms with E-state index in [4.69, 9.17) is 37.8 Å². The SMILES string of the molecule is CC(=O)COC1CCC(Nc2ccc([N+](=O)[O-])c(C(F)(F)F)c2)CC1.ClCCl.O=C(O)COC1CCC(Nc2ccc([N+](=O)[O-])c(C(F)(F)F)c2)CC1. The molecule has 296 valence electrons. The Labute approximate surface area is 309 Å². The van der Waals surface area contributed by atoms with Crippen LogP contribution in [0.3, 0.4) is 0 Å². The van der Waals surface area contributed by atoms with Crippen LogP contribution in [-0.2, 0) is 31.4 Å². The number of carboxylic acids is 1. The molecule has 0 spiro atoms. The number of nitro benzene ring substituents is 2. The second-order valence-corrected chi connectivity index (χ2v) is 12.8. The number of hydrogen-bond acceptors (Lipinski definition) is 10. The Balaban J connectivity index is 0.000000341. The van der Waals surface area contributed by atoms with Crippen molar-refractivity contribution in [2.24, 2.45) is 0 Å². The molecule has 0 unspecified atom stereocenters. The van der Waals surface area contributed by atoms with Gasteiger partial charge in [-0.3, -0.25) is 25.0 Å². The van der Waals surface area contributed by atoms with Crippen LogP contribution in [0.5, 0.6) is 0 Å². The van der Waals surface area contributed by atoms with Crippen molar-refractivity contribution in [3.05, 3.63) is 67.8 Å². The van der Waals surface area contributed by atoms with Gasteiger partial charge in [0.05, 0.1) is 27.4 Å². The number of carbonyl (C=O) groups excluding carboxylic acids is 1. The summed E-state index contributed by atoms with van der Waals surface area (Å²) in [6, 6.07) is 5.61. The van der Waals surface area contributed by atoms with E-state index >= 15 is 0 Å². The Morgan fingerprint density at radius 1 is 0.736 bits per heavy atom. The topological polar surface area (TPSA) is 183 Å². The highest BCUT2D eigenvalue weighted by Crippen LogP contribution is 2.39. The first-order valence-corrected chi connectivity index (χ1v) is 17.1. The second-order valence-electron chi connectivity index (χ2n) is 12.0. The normalized spacial score (nSPS) is 20.1. The van der Waals surface area contributed by atoms with E-state index in [1.54, 1.807) is 0 Å². The molecule has 13 nitrogen and oxygen atoms in total. The van der Waals surface area contributed by atoms with E-state index in [1.807, 2.05) is 0 Å². The molecule has 2 saturated carbocycles. The number of carbonyl (C=O) groups is 2. The number of rotatable bonds is 12. The minimum atomic E-state index is -4.82. The van der Waals surface area contributed by atoms with Crippen LogP contribution in [0.25, 0.3) is 0 Å². The molecule has 53 heavy (non-hydrogen) atoms. The van der Waals surface area contributed by atoms with Gasteiger partial charge >= 0.3 is 18.3 Å². The van der Waals surface area contributed by atoms with Crippen molar-refractivity contribution >= 4 is 57.7 Å². The minimum Gasteiger partial charge on any atom is -0.480 e. The summed E-state index contributed by atoms with van der Waals surface area (Å²) < 4.78 is 88.5. The molecule has 2 aliphatic rings. The van der Waals surface area contributed by atoms with Gasteiger partial charge in [0.2, 0.25) is 0 Å². The third kappa shape index (κ3) is 15.9. The predicted molar refractivity (Wildman–Crippen MR) is 182 cm³/mol. The van der Waals surface area contributed by atoms with Crippen LogP contribution in [0.15, 0.2) is 36.4 Å². The summed E-state index contributed by atoms with van der Waals surface area (Å²) in [7, 11) is 0. The summed E-state index contributed by atoms with van der Waals surface area (Å²) in [6.45, 7) is 1.14. The highest BCUT2D eigenvalue weighted by atomic mass is 35.5. The number of Topliss-reactive ketones (excluding diaryl/α,β-unsaturated/α-hetero) is 1. The number of alkyl halides is 8. The molecule has 4 rings (SSSR count). The van der Waals surface area contributed by atoms with Crippen molar-refractivity contribution in [1.82, 2.24) is 0 Å². The summed E-state index contributed by atoms with van der Waals surface area (Å²) in [6.07, 6.45) is -4.68. The molecule has 0 radical (unpaired) electrons. The maximum atomic E-state index is 13.0. The standard InChI is InChI=1S/C16H19F3N2O4.C15H17F3N2O5.CH2Cl2/c1-10(22)9-25-13-5-2-11(3-6-13)20-12-4-7-15(21(23)24)14(8-12)16(17,18)19;16-15(17,18)12-7-10(3-6-13(12)20(23)24)19-9-1-4-11(5-2-9)25-8-14(21)22;2-1-3/h4,7-8,11,13,20H,2-3,5-6,9H2,1H3;3,6-7,9,11,19H,1-2,4-5,8H2,(H,21,22);1H2. The van der Waals surface area contributed by atoms with E-state index in [2.05, 4.69) is 10.6 Å². The van der Waals surface area contributed by atoms with Gasteiger partial charge < -0.3 is 25.2 Å². The second kappa shape index (κ2) is 21.1. The van der Waals surface area contributed by atoms with Gasteiger partial charge in [-0.2, -0.15) is 26.3 Å². The van der Waals surface area contributed by atoms with E-state index in [9.17, 15) is 56.2 Å². The van der Waals surface area contributed by atoms with Crippen molar-refractivity contribution in [3.8, 4) is 0 Å². The number of ether oxygens (including phenoxy) is 2. The lowest BCUT2D eigenvalue weighted by molar-refractivity contribution is -0.388. The summed E-state index contributed by atoms with van der Waals surface area (Å²) in [5.41, 5.74) is -4.14. The van der Waals surface area contributed by atoms with Gasteiger partial charge in [0.15, 0.2) is 5.78 Å². The minimum absolute atomic E-state index is 0.0236. The maximum Gasteiger partial charge on any atom is 0.423 e. The summed E-state index contributed by atoms with van der Waals surface area (Å²) in [5, 5.41) is 36.2. The summed E-state index contributed by atoms with van der Waals surface area (Å²) in [5.74, 6) is -1.10. The van der Waals surface area contributed by atoms with E-state index < -0.39 is 50.7 Å². The Morgan fingerprint density at radius 3 is 1.36 bits per heavy atom. The molecule has 0 aliphatic heterocycles. The fraction of sp³-hybridized carbons (Fsp3) is 0.562. The number of benzene rings is 2. The molecule has 21 heteroatoms. The zero-order valence-electron chi connectivity index (χ0n) is 28.2. The lowest BCUT2D eigenvalue weighted by atomic mass is 9.92. The maximum absolute atomic E-state index is 13.0. The number of nitro groups is 2. The number of carboxylic acid groups (broad SMARTS) is 1. The van der Waals surface area contributed by atoms with Gasteiger partial charge in [0.1, 0.15) is 24.3 Å². The number of ketones is 1. The molecule has 0 amide bonds. The van der Waals surface area contributed by atoms with Gasteiger partial charge in [-0.15, -0.1) is 23.2 Å². The first-order chi connectivity index (χ1) is 24.7. The lowest BCUT2D eigenvalue weighted by Gasteiger charge is -2.29. The molecule has 0 aromatic heterocycles. The number of aliphatic carboxylic acids is 1. The smallest absolute Gasteiger partial charge is 0.423 e. The predicted octanol–water partition coefficient (Wildman–Crippen LogP) is 8.80. The van der Waals surface area contributed by atoms with Crippen molar-refractivity contribution in [2.75, 3.05) is 29.2 Å². The molecular formula is C32H38Cl2F6N4O9. The fourth-order valence-electron chi connectivity index (χ4n) is 5.67. The van der Waals surface area contributed by atoms with Crippen LogP contribution < -0.4 is 10.6 Å². The number of hydrogen-bond donors (Lipinski definition) is 3. The van der Waals surface area contributed by atoms with Crippen molar-refractivity contribution < 1.29 is 60.4 Å². The first-order valence-electron chi connectivity index (χ1n) is 16.1. The molecule has 0 bridgehead atoms. The largest absolute Gasteiger partial charge is 0.480 e. The van der Waals surface area contributed by atoms with Gasteiger partial charge in [0.25, 0.3) is 11.4 Å². The molecule has 2 aliphatic carbocycles. The van der Waals surface area contributed by atoms with Gasteiger partial charge in [-0.1, -0.05) is 0 Å². The molecule has 0 atom stereocenters. The van der Waals surface area contributed by atoms with Crippen molar-refractivity contribution in [3.63, 3.8) is 0 Å². The average molecular weight is 808 g/mol. The molecule has 0 heterocycles. The first kappa shape index (κ1) is 45.2. The fourth-order valence-corrected chi connectivity index (χ4v) is 5.67. The van der Waals surface area contributed by atoms with Gasteiger partial charge in [-0.05, 0) is 82.6 Å². The molecule has 0 saturated heterocycles. The number of halogens is 8. The summed E-state index contributed by atoms with van der Waals surface area (Å²) in [4.78, 5) is 40.8. The molecule has 2 fully saturated rings.